The third kappa shape index (κ3) is 3.89. The Hall–Kier alpha value is -2.93. The molecule has 0 saturated carbocycles. The molecule has 2 saturated heterocycles. The quantitative estimate of drug-likeness (QED) is 0.659. The van der Waals surface area contributed by atoms with Gasteiger partial charge in [0, 0.05) is 19.6 Å². The van der Waals surface area contributed by atoms with Crippen LogP contribution in [0.1, 0.15) is 43.0 Å². The summed E-state index contributed by atoms with van der Waals surface area (Å²) in [6.45, 7) is 3.99. The summed E-state index contributed by atoms with van der Waals surface area (Å²) in [4.78, 5) is 21.8. The van der Waals surface area contributed by atoms with E-state index in [2.05, 4.69) is 44.7 Å². The summed E-state index contributed by atoms with van der Waals surface area (Å²) in [5.74, 6) is 1.08. The van der Waals surface area contributed by atoms with Gasteiger partial charge in [0.1, 0.15) is 0 Å². The molecule has 0 spiro atoms. The van der Waals surface area contributed by atoms with Crippen molar-refractivity contribution in [1.82, 2.24) is 25.0 Å². The van der Waals surface area contributed by atoms with Crippen LogP contribution in [-0.2, 0) is 11.3 Å². The van der Waals surface area contributed by atoms with E-state index in [4.69, 9.17) is 4.98 Å². The zero-order valence-electron chi connectivity index (χ0n) is 17.2. The molecule has 7 nitrogen and oxygen atoms in total. The zero-order chi connectivity index (χ0) is 20.3. The number of carbonyl (C=O) groups is 1. The molecule has 30 heavy (non-hydrogen) atoms. The van der Waals surface area contributed by atoms with Crippen molar-refractivity contribution >= 4 is 22.8 Å². The van der Waals surface area contributed by atoms with Crippen molar-refractivity contribution in [2.45, 2.75) is 38.3 Å². The summed E-state index contributed by atoms with van der Waals surface area (Å²) in [6, 6.07) is 14.7. The van der Waals surface area contributed by atoms with Crippen molar-refractivity contribution in [3.63, 3.8) is 0 Å². The smallest absolute Gasteiger partial charge is 0.236 e. The number of carbonyl (C=O) groups excluding carboxylic acids is 1. The standard InChI is InChI=1S/C23H28N6O/c30-21(28-12-4-5-13-28)16-29-14-6-9-20(29)19-11-10-18-22(26-27-23(18)25-19)24-15-17-7-2-1-3-8-17/h1-3,7-8,10-11,20H,4-6,9,12-16H2,(H2,24,25,26,27). The fourth-order valence-electron chi connectivity index (χ4n) is 4.61. The molecule has 2 aliphatic heterocycles. The summed E-state index contributed by atoms with van der Waals surface area (Å²) in [5, 5.41) is 11.9. The van der Waals surface area contributed by atoms with Crippen molar-refractivity contribution in [3.05, 3.63) is 53.7 Å². The topological polar surface area (TPSA) is 77.1 Å². The van der Waals surface area contributed by atoms with Gasteiger partial charge in [-0.05, 0) is 49.9 Å². The molecular weight excluding hydrogens is 376 g/mol. The number of H-pyrrole nitrogens is 1. The molecule has 1 unspecified atom stereocenters. The molecular formula is C23H28N6O. The van der Waals surface area contributed by atoms with Gasteiger partial charge in [-0.1, -0.05) is 30.3 Å². The molecule has 7 heteroatoms. The van der Waals surface area contributed by atoms with Crippen LogP contribution < -0.4 is 5.32 Å². The molecule has 2 aromatic heterocycles. The van der Waals surface area contributed by atoms with Gasteiger partial charge in [-0.15, -0.1) is 0 Å². The van der Waals surface area contributed by atoms with Crippen molar-refractivity contribution < 1.29 is 4.79 Å². The van der Waals surface area contributed by atoms with E-state index < -0.39 is 0 Å². The minimum absolute atomic E-state index is 0.199. The predicted octanol–water partition coefficient (Wildman–Crippen LogP) is 3.33. The highest BCUT2D eigenvalue weighted by atomic mass is 16.2. The lowest BCUT2D eigenvalue weighted by Crippen LogP contribution is -2.38. The van der Waals surface area contributed by atoms with Gasteiger partial charge < -0.3 is 10.2 Å². The van der Waals surface area contributed by atoms with Gasteiger partial charge in [-0.2, -0.15) is 5.10 Å². The van der Waals surface area contributed by atoms with Crippen LogP contribution >= 0.6 is 0 Å². The molecule has 1 atom stereocenters. The SMILES string of the molecule is O=C(CN1CCCC1c1ccc2c(NCc3ccccc3)n[nH]c2n1)N1CCCC1. The van der Waals surface area contributed by atoms with Crippen LogP contribution in [-0.4, -0.2) is 57.1 Å². The van der Waals surface area contributed by atoms with E-state index in [9.17, 15) is 4.79 Å². The van der Waals surface area contributed by atoms with Gasteiger partial charge in [0.05, 0.1) is 23.7 Å². The highest BCUT2D eigenvalue weighted by Gasteiger charge is 2.30. The number of nitrogens with one attached hydrogen (secondary N) is 2. The van der Waals surface area contributed by atoms with Crippen LogP contribution in [0.2, 0.25) is 0 Å². The maximum atomic E-state index is 12.6. The van der Waals surface area contributed by atoms with Crippen molar-refractivity contribution in [2.24, 2.45) is 0 Å². The molecule has 156 valence electrons. The number of benzene rings is 1. The second kappa shape index (κ2) is 8.44. The van der Waals surface area contributed by atoms with Gasteiger partial charge in [-0.3, -0.25) is 14.8 Å². The molecule has 2 fully saturated rings. The van der Waals surface area contributed by atoms with Gasteiger partial charge >= 0.3 is 0 Å². The largest absolute Gasteiger partial charge is 0.364 e. The van der Waals surface area contributed by atoms with E-state index in [0.29, 0.717) is 6.54 Å². The second-order valence-corrected chi connectivity index (χ2v) is 8.26. The van der Waals surface area contributed by atoms with E-state index in [-0.39, 0.29) is 11.9 Å². The highest BCUT2D eigenvalue weighted by molar-refractivity contribution is 5.87. The molecule has 1 amide bonds. The van der Waals surface area contributed by atoms with Gasteiger partial charge in [-0.25, -0.2) is 4.98 Å². The Balaban J connectivity index is 1.29. The number of amides is 1. The predicted molar refractivity (Wildman–Crippen MR) is 117 cm³/mol. The van der Waals surface area contributed by atoms with Crippen LogP contribution in [0, 0.1) is 0 Å². The number of anilines is 1. The Bertz CT molecular complexity index is 1010. The fourth-order valence-corrected chi connectivity index (χ4v) is 4.61. The number of rotatable bonds is 6. The van der Waals surface area contributed by atoms with Crippen LogP contribution in [0.15, 0.2) is 42.5 Å². The summed E-state index contributed by atoms with van der Waals surface area (Å²) in [7, 11) is 0. The Morgan fingerprint density at radius 2 is 1.90 bits per heavy atom. The van der Waals surface area contributed by atoms with E-state index in [0.717, 1.165) is 74.4 Å². The van der Waals surface area contributed by atoms with E-state index >= 15 is 0 Å². The highest BCUT2D eigenvalue weighted by Crippen LogP contribution is 2.32. The summed E-state index contributed by atoms with van der Waals surface area (Å²) >= 11 is 0. The molecule has 1 aromatic carbocycles. The number of hydrogen-bond donors (Lipinski definition) is 2. The van der Waals surface area contributed by atoms with Crippen molar-refractivity contribution in [3.8, 4) is 0 Å². The number of hydrogen-bond acceptors (Lipinski definition) is 5. The number of pyridine rings is 1. The minimum Gasteiger partial charge on any atom is -0.364 e. The summed E-state index contributed by atoms with van der Waals surface area (Å²) < 4.78 is 0. The molecule has 0 aliphatic carbocycles. The van der Waals surface area contributed by atoms with Gasteiger partial charge in [0.15, 0.2) is 11.5 Å². The molecule has 0 radical (unpaired) electrons. The fraction of sp³-hybridized carbons (Fsp3) is 0.435. The molecule has 2 N–H and O–H groups in total. The maximum Gasteiger partial charge on any atom is 0.236 e. The lowest BCUT2D eigenvalue weighted by Gasteiger charge is -2.26. The molecule has 2 aliphatic rings. The Kier molecular flexibility index (Phi) is 5.36. The van der Waals surface area contributed by atoms with E-state index in [1.165, 1.54) is 5.56 Å². The average molecular weight is 405 g/mol. The lowest BCUT2D eigenvalue weighted by molar-refractivity contribution is -0.131. The number of aromatic nitrogens is 3. The summed E-state index contributed by atoms with van der Waals surface area (Å²) in [6.07, 6.45) is 4.41. The number of nitrogens with zero attached hydrogens (tertiary/aromatic N) is 4. The first kappa shape index (κ1) is 19.1. The van der Waals surface area contributed by atoms with Crippen molar-refractivity contribution in [2.75, 3.05) is 31.5 Å². The number of likely N-dealkylation sites (tertiary alicyclic amines) is 2. The zero-order valence-corrected chi connectivity index (χ0v) is 17.2. The number of aromatic amines is 1. The van der Waals surface area contributed by atoms with Crippen LogP contribution in [0.5, 0.6) is 0 Å². The number of fused-ring (bicyclic) bond motifs is 1. The Morgan fingerprint density at radius 3 is 2.73 bits per heavy atom. The molecule has 3 aromatic rings. The van der Waals surface area contributed by atoms with Gasteiger partial charge in [0.2, 0.25) is 5.91 Å². The minimum atomic E-state index is 0.199. The summed E-state index contributed by atoms with van der Waals surface area (Å²) in [5.41, 5.74) is 3.02. The molecule has 0 bridgehead atoms. The third-order valence-electron chi connectivity index (χ3n) is 6.25. The first-order chi connectivity index (χ1) is 14.8. The van der Waals surface area contributed by atoms with Crippen LogP contribution in [0.4, 0.5) is 5.82 Å². The van der Waals surface area contributed by atoms with E-state index in [1.807, 2.05) is 23.1 Å². The van der Waals surface area contributed by atoms with Gasteiger partial charge in [0.25, 0.3) is 0 Å². The normalized spacial score (nSPS) is 19.6. The van der Waals surface area contributed by atoms with Crippen LogP contribution in [0.3, 0.4) is 0 Å². The first-order valence-corrected chi connectivity index (χ1v) is 10.9. The monoisotopic (exact) mass is 404 g/mol. The van der Waals surface area contributed by atoms with Crippen LogP contribution in [0.25, 0.3) is 11.0 Å². The average Bonchev–Trinajstić information content (AvgIpc) is 3.53. The first-order valence-electron chi connectivity index (χ1n) is 10.9. The Morgan fingerprint density at radius 1 is 1.07 bits per heavy atom. The molecule has 4 heterocycles. The van der Waals surface area contributed by atoms with Crippen molar-refractivity contribution in [1.29, 1.82) is 0 Å². The maximum absolute atomic E-state index is 12.6. The lowest BCUT2D eigenvalue weighted by atomic mass is 10.1. The second-order valence-electron chi connectivity index (χ2n) is 8.26. The third-order valence-corrected chi connectivity index (χ3v) is 6.25. The Labute approximate surface area is 176 Å². The van der Waals surface area contributed by atoms with E-state index in [1.54, 1.807) is 0 Å². The molecule has 5 rings (SSSR count).